The Morgan fingerprint density at radius 3 is 2.22 bits per heavy atom. The summed E-state index contributed by atoms with van der Waals surface area (Å²) in [7, 11) is -3.70. The van der Waals surface area contributed by atoms with E-state index in [0.717, 1.165) is 5.56 Å². The van der Waals surface area contributed by atoms with Crippen LogP contribution >= 0.6 is 11.8 Å². The van der Waals surface area contributed by atoms with Gasteiger partial charge >= 0.3 is 0 Å². The standard InChI is InChI=1S/C18H22O3S2/c1-14-9-11-18(12-10-14)23(19,20)21-15(2)13-16(3)22-17-7-5-4-6-8-17/h4-12,15-16H,13H2,1-3H3. The second kappa shape index (κ2) is 7.99. The summed E-state index contributed by atoms with van der Waals surface area (Å²) in [5.41, 5.74) is 1.02. The predicted octanol–water partition coefficient (Wildman–Crippen LogP) is 4.66. The Balaban J connectivity index is 1.93. The molecule has 0 saturated heterocycles. The number of aryl methyl sites for hydroxylation is 1. The van der Waals surface area contributed by atoms with Crippen LogP contribution in [-0.4, -0.2) is 19.8 Å². The monoisotopic (exact) mass is 350 g/mol. The van der Waals surface area contributed by atoms with E-state index in [1.165, 1.54) is 4.90 Å². The lowest BCUT2D eigenvalue weighted by Crippen LogP contribution is -2.19. The van der Waals surface area contributed by atoms with Gasteiger partial charge in [0.2, 0.25) is 0 Å². The maximum atomic E-state index is 12.3. The van der Waals surface area contributed by atoms with Crippen LogP contribution in [0.15, 0.2) is 64.4 Å². The molecular formula is C18H22O3S2. The number of hydrogen-bond acceptors (Lipinski definition) is 4. The quantitative estimate of drug-likeness (QED) is 0.538. The molecule has 2 aromatic rings. The summed E-state index contributed by atoms with van der Waals surface area (Å²) in [5, 5.41) is 0.264. The Hall–Kier alpha value is -1.30. The first-order chi connectivity index (χ1) is 10.9. The first-order valence-electron chi connectivity index (χ1n) is 7.58. The molecule has 0 aliphatic heterocycles. The fourth-order valence-electron chi connectivity index (χ4n) is 2.26. The highest BCUT2D eigenvalue weighted by Crippen LogP contribution is 2.27. The molecule has 0 aliphatic rings. The van der Waals surface area contributed by atoms with Crippen molar-refractivity contribution in [2.24, 2.45) is 0 Å². The van der Waals surface area contributed by atoms with E-state index >= 15 is 0 Å². The summed E-state index contributed by atoms with van der Waals surface area (Å²) >= 11 is 1.72. The molecular weight excluding hydrogens is 328 g/mol. The van der Waals surface area contributed by atoms with Gasteiger partial charge in [0.25, 0.3) is 10.1 Å². The van der Waals surface area contributed by atoms with Gasteiger partial charge in [-0.25, -0.2) is 0 Å². The van der Waals surface area contributed by atoms with E-state index in [2.05, 4.69) is 19.1 Å². The molecule has 2 aromatic carbocycles. The molecule has 0 heterocycles. The zero-order valence-corrected chi connectivity index (χ0v) is 15.2. The fourth-order valence-corrected chi connectivity index (χ4v) is 4.50. The highest BCUT2D eigenvalue weighted by Gasteiger charge is 2.20. The van der Waals surface area contributed by atoms with Crippen LogP contribution in [-0.2, 0) is 14.3 Å². The Morgan fingerprint density at radius 2 is 1.61 bits per heavy atom. The minimum Gasteiger partial charge on any atom is -0.263 e. The molecule has 23 heavy (non-hydrogen) atoms. The Kier molecular flexibility index (Phi) is 6.27. The van der Waals surface area contributed by atoms with E-state index in [1.54, 1.807) is 43.0 Å². The van der Waals surface area contributed by atoms with Crippen molar-refractivity contribution in [3.05, 3.63) is 60.2 Å². The number of benzene rings is 2. The number of thioether (sulfide) groups is 1. The molecule has 0 aliphatic carbocycles. The van der Waals surface area contributed by atoms with Crippen molar-refractivity contribution < 1.29 is 12.6 Å². The zero-order chi connectivity index (χ0) is 16.9. The van der Waals surface area contributed by atoms with E-state index < -0.39 is 10.1 Å². The van der Waals surface area contributed by atoms with Gasteiger partial charge in [-0.05, 0) is 44.5 Å². The molecule has 5 heteroatoms. The minimum absolute atomic E-state index is 0.207. The van der Waals surface area contributed by atoms with Crippen LogP contribution in [0.2, 0.25) is 0 Å². The molecule has 0 bridgehead atoms. The number of rotatable bonds is 7. The van der Waals surface area contributed by atoms with Crippen molar-refractivity contribution in [1.29, 1.82) is 0 Å². The molecule has 0 radical (unpaired) electrons. The maximum Gasteiger partial charge on any atom is 0.297 e. The molecule has 0 spiro atoms. The van der Waals surface area contributed by atoms with Crippen LogP contribution in [0.1, 0.15) is 25.8 Å². The summed E-state index contributed by atoms with van der Waals surface area (Å²) in [5.74, 6) is 0. The van der Waals surface area contributed by atoms with Crippen molar-refractivity contribution in [2.75, 3.05) is 0 Å². The Bertz CT molecular complexity index is 710. The van der Waals surface area contributed by atoms with E-state index in [0.29, 0.717) is 6.42 Å². The van der Waals surface area contributed by atoms with E-state index in [-0.39, 0.29) is 16.2 Å². The Morgan fingerprint density at radius 1 is 1.00 bits per heavy atom. The lowest BCUT2D eigenvalue weighted by atomic mass is 10.2. The van der Waals surface area contributed by atoms with Gasteiger partial charge in [-0.1, -0.05) is 42.8 Å². The van der Waals surface area contributed by atoms with Crippen LogP contribution in [0.25, 0.3) is 0 Å². The number of hydrogen-bond donors (Lipinski definition) is 0. The first-order valence-corrected chi connectivity index (χ1v) is 9.87. The molecule has 0 aromatic heterocycles. The smallest absolute Gasteiger partial charge is 0.263 e. The molecule has 2 unspecified atom stereocenters. The van der Waals surface area contributed by atoms with E-state index in [9.17, 15) is 8.42 Å². The molecule has 0 N–H and O–H groups in total. The molecule has 0 amide bonds. The summed E-state index contributed by atoms with van der Waals surface area (Å²) in [4.78, 5) is 1.38. The molecule has 2 rings (SSSR count). The largest absolute Gasteiger partial charge is 0.297 e. The van der Waals surface area contributed by atoms with Gasteiger partial charge in [-0.2, -0.15) is 8.42 Å². The summed E-state index contributed by atoms with van der Waals surface area (Å²) in [6.07, 6.45) is 0.289. The highest BCUT2D eigenvalue weighted by atomic mass is 32.2. The lowest BCUT2D eigenvalue weighted by molar-refractivity contribution is 0.219. The molecule has 2 atom stereocenters. The van der Waals surface area contributed by atoms with Crippen molar-refractivity contribution in [2.45, 2.75) is 48.3 Å². The third-order valence-electron chi connectivity index (χ3n) is 3.34. The normalized spacial score (nSPS) is 14.4. The average Bonchev–Trinajstić information content (AvgIpc) is 2.47. The lowest BCUT2D eigenvalue weighted by Gasteiger charge is -2.17. The molecule has 3 nitrogen and oxygen atoms in total. The fraction of sp³-hybridized carbons (Fsp3) is 0.333. The SMILES string of the molecule is Cc1ccc(S(=O)(=O)OC(C)CC(C)Sc2ccccc2)cc1. The summed E-state index contributed by atoms with van der Waals surface area (Å²) < 4.78 is 29.9. The van der Waals surface area contributed by atoms with Crippen molar-refractivity contribution in [3.63, 3.8) is 0 Å². The van der Waals surface area contributed by atoms with Gasteiger partial charge in [-0.3, -0.25) is 4.18 Å². The second-order valence-electron chi connectivity index (χ2n) is 5.65. The summed E-state index contributed by atoms with van der Waals surface area (Å²) in [6, 6.07) is 16.8. The van der Waals surface area contributed by atoms with Crippen molar-refractivity contribution in [1.82, 2.24) is 0 Å². The minimum atomic E-state index is -3.70. The average molecular weight is 351 g/mol. The Labute approximate surface area is 143 Å². The first kappa shape index (κ1) is 18.0. The van der Waals surface area contributed by atoms with E-state index in [4.69, 9.17) is 4.18 Å². The van der Waals surface area contributed by atoms with Crippen LogP contribution in [0, 0.1) is 6.92 Å². The zero-order valence-electron chi connectivity index (χ0n) is 13.6. The third kappa shape index (κ3) is 5.68. The van der Waals surface area contributed by atoms with Gasteiger partial charge in [0.05, 0.1) is 11.0 Å². The summed E-state index contributed by atoms with van der Waals surface area (Å²) in [6.45, 7) is 5.80. The van der Waals surface area contributed by atoms with Gasteiger partial charge in [0, 0.05) is 10.1 Å². The molecule has 124 valence electrons. The van der Waals surface area contributed by atoms with Gasteiger partial charge in [-0.15, -0.1) is 11.8 Å². The third-order valence-corrected chi connectivity index (χ3v) is 5.92. The van der Waals surface area contributed by atoms with Crippen molar-refractivity contribution >= 4 is 21.9 Å². The predicted molar refractivity (Wildman–Crippen MR) is 95.3 cm³/mol. The van der Waals surface area contributed by atoms with Gasteiger partial charge in [0.1, 0.15) is 0 Å². The van der Waals surface area contributed by atoms with Gasteiger partial charge in [0.15, 0.2) is 0 Å². The van der Waals surface area contributed by atoms with Gasteiger partial charge < -0.3 is 0 Å². The highest BCUT2D eigenvalue weighted by molar-refractivity contribution is 8.00. The van der Waals surface area contributed by atoms with Crippen LogP contribution in [0.3, 0.4) is 0 Å². The second-order valence-corrected chi connectivity index (χ2v) is 8.74. The van der Waals surface area contributed by atoms with Crippen LogP contribution < -0.4 is 0 Å². The maximum absolute atomic E-state index is 12.3. The van der Waals surface area contributed by atoms with E-state index in [1.807, 2.05) is 25.1 Å². The van der Waals surface area contributed by atoms with Crippen LogP contribution in [0.4, 0.5) is 0 Å². The molecule has 0 fully saturated rings. The topological polar surface area (TPSA) is 43.4 Å². The molecule has 0 saturated carbocycles. The van der Waals surface area contributed by atoms with Crippen LogP contribution in [0.5, 0.6) is 0 Å². The van der Waals surface area contributed by atoms with Crippen molar-refractivity contribution in [3.8, 4) is 0 Å².